The van der Waals surface area contributed by atoms with Gasteiger partial charge in [-0.15, -0.1) is 0 Å². The molecule has 0 aromatic heterocycles. The van der Waals surface area contributed by atoms with Crippen LogP contribution in [0.1, 0.15) is 11.1 Å². The second-order valence-corrected chi connectivity index (χ2v) is 3.58. The number of benzene rings is 1. The Morgan fingerprint density at radius 3 is 2.73 bits per heavy atom. The predicted octanol–water partition coefficient (Wildman–Crippen LogP) is 0.709. The average molecular weight is 212 g/mol. The number of hydrogen-bond acceptors (Lipinski definition) is 3. The molecule has 0 aliphatic heterocycles. The van der Waals surface area contributed by atoms with Crippen molar-refractivity contribution in [1.29, 1.82) is 0 Å². The van der Waals surface area contributed by atoms with E-state index in [1.54, 1.807) is 6.07 Å². The maximum atomic E-state index is 12.9. The first kappa shape index (κ1) is 12.1. The second kappa shape index (κ2) is 5.80. The van der Waals surface area contributed by atoms with Gasteiger partial charge in [-0.05, 0) is 30.3 Å². The Hall–Kier alpha value is -0.970. The third-order valence-corrected chi connectivity index (χ3v) is 2.31. The van der Waals surface area contributed by atoms with Crippen LogP contribution in [-0.4, -0.2) is 30.2 Å². The summed E-state index contributed by atoms with van der Waals surface area (Å²) in [6.07, 6.45) is 0. The van der Waals surface area contributed by atoms with Crippen LogP contribution in [0.4, 0.5) is 4.39 Å². The Bertz CT molecular complexity index is 317. The maximum absolute atomic E-state index is 12.9. The molecule has 84 valence electrons. The molecule has 0 radical (unpaired) electrons. The first-order valence-electron chi connectivity index (χ1n) is 4.94. The number of aliphatic hydroxyl groups is 1. The summed E-state index contributed by atoms with van der Waals surface area (Å²) in [6, 6.07) is 4.63. The Balaban J connectivity index is 2.75. The average Bonchev–Trinajstić information content (AvgIpc) is 2.21. The van der Waals surface area contributed by atoms with Crippen LogP contribution in [0.2, 0.25) is 0 Å². The summed E-state index contributed by atoms with van der Waals surface area (Å²) in [6.45, 7) is 1.73. The lowest BCUT2D eigenvalue weighted by atomic mass is 10.1. The first-order chi connectivity index (χ1) is 7.17. The van der Waals surface area contributed by atoms with Crippen molar-refractivity contribution in [3.05, 3.63) is 35.1 Å². The summed E-state index contributed by atoms with van der Waals surface area (Å²) in [7, 11) is 1.90. The number of halogens is 1. The summed E-state index contributed by atoms with van der Waals surface area (Å²) >= 11 is 0. The topological polar surface area (TPSA) is 49.5 Å². The Morgan fingerprint density at radius 2 is 2.13 bits per heavy atom. The van der Waals surface area contributed by atoms with E-state index in [1.807, 2.05) is 11.9 Å². The lowest BCUT2D eigenvalue weighted by Gasteiger charge is -2.17. The van der Waals surface area contributed by atoms with Crippen LogP contribution in [0, 0.1) is 5.82 Å². The number of likely N-dealkylation sites (N-methyl/N-ethyl adjacent to an activating group) is 1. The molecule has 0 spiro atoms. The molecule has 0 amide bonds. The number of aliphatic hydroxyl groups excluding tert-OH is 1. The lowest BCUT2D eigenvalue weighted by molar-refractivity contribution is 0.217. The van der Waals surface area contributed by atoms with Crippen LogP contribution in [-0.2, 0) is 13.1 Å². The number of nitrogens with two attached hydrogens (primary N) is 1. The molecule has 1 aromatic carbocycles. The zero-order chi connectivity index (χ0) is 11.3. The van der Waals surface area contributed by atoms with E-state index < -0.39 is 0 Å². The standard InChI is InChI=1S/C11H17FN2O/c1-14(4-5-15)8-9-2-3-11(12)6-10(9)7-13/h2-3,6,15H,4-5,7-8,13H2,1H3. The van der Waals surface area contributed by atoms with Gasteiger partial charge in [0.15, 0.2) is 0 Å². The predicted molar refractivity (Wildman–Crippen MR) is 57.7 cm³/mol. The normalized spacial score (nSPS) is 11.0. The molecule has 1 aromatic rings. The van der Waals surface area contributed by atoms with Crippen molar-refractivity contribution in [3.8, 4) is 0 Å². The number of nitrogens with zero attached hydrogens (tertiary/aromatic N) is 1. The molecule has 0 saturated carbocycles. The van der Waals surface area contributed by atoms with Gasteiger partial charge in [-0.2, -0.15) is 0 Å². The van der Waals surface area contributed by atoms with Crippen molar-refractivity contribution in [2.75, 3.05) is 20.2 Å². The van der Waals surface area contributed by atoms with Crippen LogP contribution < -0.4 is 5.73 Å². The number of hydrogen-bond donors (Lipinski definition) is 2. The third kappa shape index (κ3) is 3.58. The van der Waals surface area contributed by atoms with Gasteiger partial charge in [-0.25, -0.2) is 4.39 Å². The van der Waals surface area contributed by atoms with E-state index in [9.17, 15) is 4.39 Å². The van der Waals surface area contributed by atoms with Gasteiger partial charge in [0.05, 0.1) is 6.61 Å². The van der Waals surface area contributed by atoms with Crippen molar-refractivity contribution in [2.24, 2.45) is 5.73 Å². The van der Waals surface area contributed by atoms with Crippen LogP contribution in [0.25, 0.3) is 0 Å². The van der Waals surface area contributed by atoms with Gasteiger partial charge in [0.25, 0.3) is 0 Å². The molecule has 0 bridgehead atoms. The molecule has 0 heterocycles. The molecule has 4 heteroatoms. The molecule has 0 fully saturated rings. The zero-order valence-electron chi connectivity index (χ0n) is 8.91. The fourth-order valence-electron chi connectivity index (χ4n) is 1.48. The van der Waals surface area contributed by atoms with Crippen molar-refractivity contribution < 1.29 is 9.50 Å². The van der Waals surface area contributed by atoms with Gasteiger partial charge in [0.1, 0.15) is 5.82 Å². The fraction of sp³-hybridized carbons (Fsp3) is 0.455. The molecule has 1 rings (SSSR count). The summed E-state index contributed by atoms with van der Waals surface area (Å²) in [5.74, 6) is -0.260. The van der Waals surface area contributed by atoms with Gasteiger partial charge in [0.2, 0.25) is 0 Å². The van der Waals surface area contributed by atoms with E-state index in [2.05, 4.69) is 0 Å². The minimum absolute atomic E-state index is 0.121. The van der Waals surface area contributed by atoms with Crippen molar-refractivity contribution in [3.63, 3.8) is 0 Å². The van der Waals surface area contributed by atoms with Crippen LogP contribution >= 0.6 is 0 Å². The van der Waals surface area contributed by atoms with E-state index in [-0.39, 0.29) is 12.4 Å². The second-order valence-electron chi connectivity index (χ2n) is 3.58. The van der Waals surface area contributed by atoms with E-state index in [0.29, 0.717) is 19.6 Å². The summed E-state index contributed by atoms with van der Waals surface area (Å²) in [5.41, 5.74) is 7.36. The number of rotatable bonds is 5. The van der Waals surface area contributed by atoms with Crippen molar-refractivity contribution >= 4 is 0 Å². The molecule has 0 aliphatic carbocycles. The van der Waals surface area contributed by atoms with Gasteiger partial charge in [-0.3, -0.25) is 4.90 Å². The van der Waals surface area contributed by atoms with Crippen LogP contribution in [0.3, 0.4) is 0 Å². The zero-order valence-corrected chi connectivity index (χ0v) is 8.91. The lowest BCUT2D eigenvalue weighted by Crippen LogP contribution is -2.22. The highest BCUT2D eigenvalue weighted by atomic mass is 19.1. The van der Waals surface area contributed by atoms with Gasteiger partial charge >= 0.3 is 0 Å². The fourth-order valence-corrected chi connectivity index (χ4v) is 1.48. The van der Waals surface area contributed by atoms with Gasteiger partial charge in [-0.1, -0.05) is 6.07 Å². The van der Waals surface area contributed by atoms with E-state index in [4.69, 9.17) is 10.8 Å². The Labute approximate surface area is 89.3 Å². The summed E-state index contributed by atoms with van der Waals surface area (Å²) in [5, 5.41) is 8.76. The largest absolute Gasteiger partial charge is 0.395 e. The molecule has 0 saturated heterocycles. The molecule has 0 atom stereocenters. The Morgan fingerprint density at radius 1 is 1.40 bits per heavy atom. The molecular formula is C11H17FN2O. The van der Waals surface area contributed by atoms with Crippen molar-refractivity contribution in [2.45, 2.75) is 13.1 Å². The molecule has 0 unspecified atom stereocenters. The van der Waals surface area contributed by atoms with Crippen molar-refractivity contribution in [1.82, 2.24) is 4.90 Å². The summed E-state index contributed by atoms with van der Waals surface area (Å²) in [4.78, 5) is 1.96. The van der Waals surface area contributed by atoms with Gasteiger partial charge < -0.3 is 10.8 Å². The highest BCUT2D eigenvalue weighted by Crippen LogP contribution is 2.12. The SMILES string of the molecule is CN(CCO)Cc1ccc(F)cc1CN. The summed E-state index contributed by atoms with van der Waals surface area (Å²) < 4.78 is 12.9. The Kier molecular flexibility index (Phi) is 4.68. The monoisotopic (exact) mass is 212 g/mol. The van der Waals surface area contributed by atoms with Gasteiger partial charge in [0, 0.05) is 19.6 Å². The molecule has 3 N–H and O–H groups in total. The van der Waals surface area contributed by atoms with E-state index in [1.165, 1.54) is 12.1 Å². The quantitative estimate of drug-likeness (QED) is 0.755. The van der Waals surface area contributed by atoms with Crippen LogP contribution in [0.15, 0.2) is 18.2 Å². The minimum atomic E-state index is -0.260. The molecular weight excluding hydrogens is 195 g/mol. The highest BCUT2D eigenvalue weighted by Gasteiger charge is 2.05. The van der Waals surface area contributed by atoms with E-state index >= 15 is 0 Å². The molecule has 0 aliphatic rings. The maximum Gasteiger partial charge on any atom is 0.123 e. The minimum Gasteiger partial charge on any atom is -0.395 e. The van der Waals surface area contributed by atoms with Crippen LogP contribution in [0.5, 0.6) is 0 Å². The first-order valence-corrected chi connectivity index (χ1v) is 4.94. The molecule has 15 heavy (non-hydrogen) atoms. The third-order valence-electron chi connectivity index (χ3n) is 2.31. The van der Waals surface area contributed by atoms with E-state index in [0.717, 1.165) is 11.1 Å². The highest BCUT2D eigenvalue weighted by molar-refractivity contribution is 5.27. The smallest absolute Gasteiger partial charge is 0.123 e. The molecule has 3 nitrogen and oxygen atoms in total.